The van der Waals surface area contributed by atoms with E-state index in [-0.39, 0.29) is 0 Å². The third-order valence-corrected chi connectivity index (χ3v) is 4.47. The fraction of sp³-hybridized carbons (Fsp3) is 0.625. The van der Waals surface area contributed by atoms with Crippen molar-refractivity contribution in [1.29, 1.82) is 0 Å². The van der Waals surface area contributed by atoms with Crippen LogP contribution < -0.4 is 4.74 Å². The van der Waals surface area contributed by atoms with E-state index in [1.54, 1.807) is 0 Å². The lowest BCUT2D eigenvalue weighted by molar-refractivity contribution is 0.193. The van der Waals surface area contributed by atoms with Crippen molar-refractivity contribution in [2.45, 2.75) is 52.4 Å². The van der Waals surface area contributed by atoms with E-state index in [9.17, 15) is 0 Å². The van der Waals surface area contributed by atoms with Gasteiger partial charge in [0.15, 0.2) is 5.65 Å². The van der Waals surface area contributed by atoms with Gasteiger partial charge in [-0.15, -0.1) is 0 Å². The van der Waals surface area contributed by atoms with Crippen LogP contribution in [0.2, 0.25) is 0 Å². The molecule has 2 heterocycles. The summed E-state index contributed by atoms with van der Waals surface area (Å²) >= 11 is 0. The molecule has 3 rings (SSSR count). The molecule has 2 aromatic rings. The Bertz CT molecular complexity index is 603. The number of pyridine rings is 1. The molecule has 4 heteroatoms. The Labute approximate surface area is 120 Å². The van der Waals surface area contributed by atoms with Gasteiger partial charge in [0.2, 0.25) is 5.88 Å². The summed E-state index contributed by atoms with van der Waals surface area (Å²) in [6.07, 6.45) is 5.11. The highest BCUT2D eigenvalue weighted by Crippen LogP contribution is 2.46. The molecule has 0 spiro atoms. The molecular formula is C16H23N3O. The van der Waals surface area contributed by atoms with E-state index >= 15 is 0 Å². The van der Waals surface area contributed by atoms with Crippen molar-refractivity contribution in [3.63, 3.8) is 0 Å². The third kappa shape index (κ3) is 2.39. The number of aromatic amines is 1. The van der Waals surface area contributed by atoms with Gasteiger partial charge in [-0.05, 0) is 31.2 Å². The summed E-state index contributed by atoms with van der Waals surface area (Å²) in [5, 5.41) is 0. The van der Waals surface area contributed by atoms with Gasteiger partial charge in [0, 0.05) is 12.0 Å². The number of nitrogens with zero attached hydrogens (tertiary/aromatic N) is 2. The van der Waals surface area contributed by atoms with E-state index in [0.29, 0.717) is 23.8 Å². The molecule has 2 aromatic heterocycles. The summed E-state index contributed by atoms with van der Waals surface area (Å²) in [7, 11) is 0. The molecule has 0 bridgehead atoms. The monoisotopic (exact) mass is 273 g/mol. The molecule has 1 N–H and O–H groups in total. The highest BCUT2D eigenvalue weighted by Gasteiger charge is 2.35. The molecule has 0 saturated heterocycles. The SMILES string of the molecule is CCOc1ccc2[nH]c(C3CCCCC3(C)C)nc2n1. The van der Waals surface area contributed by atoms with Crippen molar-refractivity contribution in [1.82, 2.24) is 15.0 Å². The molecule has 0 aliphatic heterocycles. The average Bonchev–Trinajstić information content (AvgIpc) is 2.81. The quantitative estimate of drug-likeness (QED) is 0.918. The van der Waals surface area contributed by atoms with Gasteiger partial charge in [-0.1, -0.05) is 26.7 Å². The van der Waals surface area contributed by atoms with Gasteiger partial charge in [-0.25, -0.2) is 4.98 Å². The Hall–Kier alpha value is -1.58. The standard InChI is InChI=1S/C16H23N3O/c1-4-20-13-9-8-12-15(18-13)19-14(17-12)11-7-5-6-10-16(11,2)3/h8-9,11H,4-7,10H2,1-3H3,(H,17,18,19). The van der Waals surface area contributed by atoms with E-state index in [0.717, 1.165) is 17.0 Å². The topological polar surface area (TPSA) is 50.8 Å². The Morgan fingerprint density at radius 2 is 2.15 bits per heavy atom. The minimum atomic E-state index is 0.314. The smallest absolute Gasteiger partial charge is 0.215 e. The number of fused-ring (bicyclic) bond motifs is 1. The Morgan fingerprint density at radius 1 is 1.30 bits per heavy atom. The van der Waals surface area contributed by atoms with Gasteiger partial charge in [0.05, 0.1) is 12.1 Å². The molecule has 1 aliphatic rings. The minimum absolute atomic E-state index is 0.314. The maximum Gasteiger partial charge on any atom is 0.215 e. The molecule has 1 atom stereocenters. The first-order valence-corrected chi connectivity index (χ1v) is 7.59. The molecule has 1 saturated carbocycles. The third-order valence-electron chi connectivity index (χ3n) is 4.47. The zero-order valence-electron chi connectivity index (χ0n) is 12.6. The fourth-order valence-electron chi connectivity index (χ4n) is 3.29. The Balaban J connectivity index is 1.95. The number of ether oxygens (including phenoxy) is 1. The fourth-order valence-corrected chi connectivity index (χ4v) is 3.29. The van der Waals surface area contributed by atoms with Crippen LogP contribution in [0.25, 0.3) is 11.2 Å². The van der Waals surface area contributed by atoms with Crippen molar-refractivity contribution in [3.8, 4) is 5.88 Å². The number of aromatic nitrogens is 3. The van der Waals surface area contributed by atoms with E-state index in [4.69, 9.17) is 9.72 Å². The molecular weight excluding hydrogens is 250 g/mol. The van der Waals surface area contributed by atoms with Gasteiger partial charge in [-0.3, -0.25) is 0 Å². The van der Waals surface area contributed by atoms with Crippen LogP contribution in [0, 0.1) is 5.41 Å². The summed E-state index contributed by atoms with van der Waals surface area (Å²) in [4.78, 5) is 12.7. The maximum atomic E-state index is 5.44. The number of hydrogen-bond donors (Lipinski definition) is 1. The maximum absolute atomic E-state index is 5.44. The lowest BCUT2D eigenvalue weighted by Crippen LogP contribution is -2.26. The van der Waals surface area contributed by atoms with Crippen LogP contribution in [0.3, 0.4) is 0 Å². The van der Waals surface area contributed by atoms with Crippen molar-refractivity contribution in [3.05, 3.63) is 18.0 Å². The number of H-pyrrole nitrogens is 1. The summed E-state index contributed by atoms with van der Waals surface area (Å²) in [5.74, 6) is 2.24. The number of rotatable bonds is 3. The molecule has 108 valence electrons. The second kappa shape index (κ2) is 5.08. The van der Waals surface area contributed by atoms with Crippen molar-refractivity contribution < 1.29 is 4.74 Å². The molecule has 1 unspecified atom stereocenters. The summed E-state index contributed by atoms with van der Waals surface area (Å²) < 4.78 is 5.44. The van der Waals surface area contributed by atoms with Crippen LogP contribution in [-0.2, 0) is 0 Å². The molecule has 20 heavy (non-hydrogen) atoms. The van der Waals surface area contributed by atoms with Crippen molar-refractivity contribution in [2.75, 3.05) is 6.61 Å². The van der Waals surface area contributed by atoms with E-state index < -0.39 is 0 Å². The molecule has 1 fully saturated rings. The van der Waals surface area contributed by atoms with Gasteiger partial charge < -0.3 is 9.72 Å². The zero-order valence-corrected chi connectivity index (χ0v) is 12.6. The predicted octanol–water partition coefficient (Wildman–Crippen LogP) is 4.04. The summed E-state index contributed by atoms with van der Waals surface area (Å²) in [6, 6.07) is 3.92. The number of nitrogens with one attached hydrogen (secondary N) is 1. The average molecular weight is 273 g/mol. The highest BCUT2D eigenvalue weighted by molar-refractivity contribution is 5.71. The molecule has 0 radical (unpaired) electrons. The lowest BCUT2D eigenvalue weighted by atomic mass is 9.68. The normalized spacial score (nSPS) is 22.1. The van der Waals surface area contributed by atoms with Crippen LogP contribution in [0.15, 0.2) is 12.1 Å². The Kier molecular flexibility index (Phi) is 3.40. The van der Waals surface area contributed by atoms with Gasteiger partial charge in [-0.2, -0.15) is 4.98 Å². The summed E-state index contributed by atoms with van der Waals surface area (Å²) in [6.45, 7) is 7.30. The minimum Gasteiger partial charge on any atom is -0.478 e. The van der Waals surface area contributed by atoms with Crippen LogP contribution >= 0.6 is 0 Å². The van der Waals surface area contributed by atoms with Crippen LogP contribution in [0.5, 0.6) is 5.88 Å². The molecule has 1 aliphatic carbocycles. The number of imidazole rings is 1. The highest BCUT2D eigenvalue weighted by atomic mass is 16.5. The second-order valence-electron chi connectivity index (χ2n) is 6.36. The molecule has 4 nitrogen and oxygen atoms in total. The van der Waals surface area contributed by atoms with E-state index in [1.807, 2.05) is 19.1 Å². The first-order valence-electron chi connectivity index (χ1n) is 7.59. The van der Waals surface area contributed by atoms with Gasteiger partial charge >= 0.3 is 0 Å². The first-order chi connectivity index (χ1) is 9.60. The first kappa shape index (κ1) is 13.4. The number of hydrogen-bond acceptors (Lipinski definition) is 3. The summed E-state index contributed by atoms with van der Waals surface area (Å²) in [5.41, 5.74) is 2.09. The van der Waals surface area contributed by atoms with Crippen LogP contribution in [-0.4, -0.2) is 21.6 Å². The van der Waals surface area contributed by atoms with Crippen molar-refractivity contribution in [2.24, 2.45) is 5.41 Å². The lowest BCUT2D eigenvalue weighted by Gasteiger charge is -2.37. The second-order valence-corrected chi connectivity index (χ2v) is 6.36. The molecule has 0 amide bonds. The Morgan fingerprint density at radius 3 is 2.90 bits per heavy atom. The van der Waals surface area contributed by atoms with Crippen LogP contribution in [0.4, 0.5) is 0 Å². The van der Waals surface area contributed by atoms with Crippen LogP contribution in [0.1, 0.15) is 58.2 Å². The predicted molar refractivity (Wildman–Crippen MR) is 80.0 cm³/mol. The van der Waals surface area contributed by atoms with Gasteiger partial charge in [0.25, 0.3) is 0 Å². The van der Waals surface area contributed by atoms with E-state index in [1.165, 1.54) is 25.7 Å². The largest absolute Gasteiger partial charge is 0.478 e. The van der Waals surface area contributed by atoms with Crippen molar-refractivity contribution >= 4 is 11.2 Å². The van der Waals surface area contributed by atoms with E-state index in [2.05, 4.69) is 23.8 Å². The van der Waals surface area contributed by atoms with Gasteiger partial charge in [0.1, 0.15) is 5.82 Å². The zero-order chi connectivity index (χ0) is 14.2. The molecule has 0 aromatic carbocycles.